The molecule has 110 valence electrons. The highest BCUT2D eigenvalue weighted by Crippen LogP contribution is 2.35. The predicted molar refractivity (Wildman–Crippen MR) is 74.9 cm³/mol. The zero-order valence-electron chi connectivity index (χ0n) is 11.5. The van der Waals surface area contributed by atoms with Crippen molar-refractivity contribution in [1.29, 1.82) is 0 Å². The van der Waals surface area contributed by atoms with E-state index in [9.17, 15) is 19.6 Å². The van der Waals surface area contributed by atoms with Crippen LogP contribution in [0.3, 0.4) is 0 Å². The zero-order chi connectivity index (χ0) is 15.6. The number of aliphatic hydroxyl groups is 1. The quantitative estimate of drug-likeness (QED) is 0.685. The van der Waals surface area contributed by atoms with E-state index in [4.69, 9.17) is 4.74 Å². The molecular formula is C15H14FNO4. The van der Waals surface area contributed by atoms with Gasteiger partial charge in [-0.2, -0.15) is 0 Å². The van der Waals surface area contributed by atoms with Crippen LogP contribution in [0.1, 0.15) is 24.2 Å². The number of aliphatic hydroxyl groups excluding tert-OH is 1. The van der Waals surface area contributed by atoms with E-state index in [0.29, 0.717) is 5.56 Å². The van der Waals surface area contributed by atoms with Crippen molar-refractivity contribution in [3.8, 4) is 11.5 Å². The van der Waals surface area contributed by atoms with Crippen LogP contribution in [0.15, 0.2) is 36.4 Å². The van der Waals surface area contributed by atoms with E-state index in [1.54, 1.807) is 13.0 Å². The lowest BCUT2D eigenvalue weighted by Crippen LogP contribution is -2.00. The maximum absolute atomic E-state index is 13.6. The number of hydrogen-bond acceptors (Lipinski definition) is 4. The average molecular weight is 291 g/mol. The molecule has 0 aliphatic rings. The number of aryl methyl sites for hydroxylation is 1. The van der Waals surface area contributed by atoms with Crippen molar-refractivity contribution in [1.82, 2.24) is 0 Å². The highest BCUT2D eigenvalue weighted by atomic mass is 19.1. The summed E-state index contributed by atoms with van der Waals surface area (Å²) < 4.78 is 19.1. The molecular weight excluding hydrogens is 277 g/mol. The summed E-state index contributed by atoms with van der Waals surface area (Å²) in [5, 5.41) is 20.7. The highest BCUT2D eigenvalue weighted by molar-refractivity contribution is 5.50. The second-order valence-electron chi connectivity index (χ2n) is 4.64. The molecule has 0 bridgehead atoms. The summed E-state index contributed by atoms with van der Waals surface area (Å²) in [6, 6.07) is 8.46. The third-order valence-electron chi connectivity index (χ3n) is 3.02. The first-order valence-corrected chi connectivity index (χ1v) is 6.29. The standard InChI is InChI=1S/C15H14FNO4/c1-9-7-15(11(10(2)18)8-12(9)16)21-14-6-4-3-5-13(14)17(19)20/h3-8,10,18H,1-2H3/t10-/m0/s1. The van der Waals surface area contributed by atoms with Crippen LogP contribution in [0.2, 0.25) is 0 Å². The summed E-state index contributed by atoms with van der Waals surface area (Å²) in [5.74, 6) is -0.241. The molecule has 1 atom stereocenters. The summed E-state index contributed by atoms with van der Waals surface area (Å²) in [4.78, 5) is 10.4. The highest BCUT2D eigenvalue weighted by Gasteiger charge is 2.18. The summed E-state index contributed by atoms with van der Waals surface area (Å²) in [6.45, 7) is 3.02. The van der Waals surface area contributed by atoms with Crippen LogP contribution >= 0.6 is 0 Å². The average Bonchev–Trinajstić information content (AvgIpc) is 2.42. The molecule has 0 fully saturated rings. The van der Waals surface area contributed by atoms with E-state index in [1.165, 1.54) is 37.3 Å². The Bertz CT molecular complexity index is 685. The Balaban J connectivity index is 2.49. The summed E-state index contributed by atoms with van der Waals surface area (Å²) in [5.41, 5.74) is 0.361. The Morgan fingerprint density at radius 3 is 2.57 bits per heavy atom. The normalized spacial score (nSPS) is 12.0. The Morgan fingerprint density at radius 2 is 1.95 bits per heavy atom. The van der Waals surface area contributed by atoms with E-state index >= 15 is 0 Å². The molecule has 0 aliphatic carbocycles. The van der Waals surface area contributed by atoms with Crippen LogP contribution in [-0.4, -0.2) is 10.0 Å². The number of benzene rings is 2. The SMILES string of the molecule is Cc1cc(Oc2ccccc2[N+](=O)[O-])c([C@H](C)O)cc1F. The zero-order valence-corrected chi connectivity index (χ0v) is 11.5. The van der Waals surface area contributed by atoms with Crippen LogP contribution in [-0.2, 0) is 0 Å². The topological polar surface area (TPSA) is 72.6 Å². The minimum atomic E-state index is -0.960. The minimum absolute atomic E-state index is 0.0374. The van der Waals surface area contributed by atoms with Gasteiger partial charge in [0.05, 0.1) is 11.0 Å². The lowest BCUT2D eigenvalue weighted by atomic mass is 10.1. The first kappa shape index (κ1) is 14.9. The minimum Gasteiger partial charge on any atom is -0.450 e. The largest absolute Gasteiger partial charge is 0.450 e. The number of ether oxygens (including phenoxy) is 1. The Morgan fingerprint density at radius 1 is 1.29 bits per heavy atom. The number of hydrogen-bond donors (Lipinski definition) is 1. The van der Waals surface area contributed by atoms with Crippen LogP contribution in [0.5, 0.6) is 11.5 Å². The molecule has 0 radical (unpaired) electrons. The molecule has 0 saturated heterocycles. The van der Waals surface area contributed by atoms with Gasteiger partial charge < -0.3 is 9.84 Å². The smallest absolute Gasteiger partial charge is 0.311 e. The number of nitro groups is 1. The second kappa shape index (κ2) is 5.88. The van der Waals surface area contributed by atoms with Crippen LogP contribution in [0, 0.1) is 22.9 Å². The van der Waals surface area contributed by atoms with Gasteiger partial charge in [0.25, 0.3) is 0 Å². The summed E-state index contributed by atoms with van der Waals surface area (Å²) >= 11 is 0. The van der Waals surface area contributed by atoms with E-state index < -0.39 is 16.8 Å². The maximum Gasteiger partial charge on any atom is 0.311 e. The maximum atomic E-state index is 13.6. The number of rotatable bonds is 4. The van der Waals surface area contributed by atoms with Crippen molar-refractivity contribution >= 4 is 5.69 Å². The van der Waals surface area contributed by atoms with Crippen LogP contribution in [0.25, 0.3) is 0 Å². The fourth-order valence-corrected chi connectivity index (χ4v) is 1.90. The van der Waals surface area contributed by atoms with Crippen LogP contribution < -0.4 is 4.74 Å². The van der Waals surface area contributed by atoms with Gasteiger partial charge >= 0.3 is 5.69 Å². The van der Waals surface area contributed by atoms with Gasteiger partial charge in [-0.3, -0.25) is 10.1 Å². The van der Waals surface area contributed by atoms with E-state index in [1.807, 2.05) is 0 Å². The molecule has 0 spiro atoms. The van der Waals surface area contributed by atoms with Crippen LogP contribution in [0.4, 0.5) is 10.1 Å². The van der Waals surface area contributed by atoms with Crippen molar-refractivity contribution in [2.75, 3.05) is 0 Å². The fraction of sp³-hybridized carbons (Fsp3) is 0.200. The van der Waals surface area contributed by atoms with Crippen molar-refractivity contribution in [3.05, 3.63) is 63.5 Å². The third kappa shape index (κ3) is 3.17. The van der Waals surface area contributed by atoms with Gasteiger partial charge in [0, 0.05) is 11.6 Å². The van der Waals surface area contributed by atoms with Gasteiger partial charge in [-0.15, -0.1) is 0 Å². The van der Waals surface area contributed by atoms with E-state index in [-0.39, 0.29) is 22.7 Å². The lowest BCUT2D eigenvalue weighted by Gasteiger charge is -2.14. The molecule has 1 N–H and O–H groups in total. The molecule has 2 rings (SSSR count). The molecule has 6 heteroatoms. The molecule has 2 aromatic rings. The molecule has 5 nitrogen and oxygen atoms in total. The second-order valence-corrected chi connectivity index (χ2v) is 4.64. The monoisotopic (exact) mass is 291 g/mol. The Labute approximate surface area is 120 Å². The first-order valence-electron chi connectivity index (χ1n) is 6.29. The molecule has 0 amide bonds. The molecule has 2 aromatic carbocycles. The van der Waals surface area contributed by atoms with Gasteiger partial charge in [-0.05, 0) is 37.6 Å². The van der Waals surface area contributed by atoms with Gasteiger partial charge in [-0.25, -0.2) is 4.39 Å². The molecule has 0 unspecified atom stereocenters. The molecule has 0 aromatic heterocycles. The molecule has 0 saturated carbocycles. The number of halogens is 1. The Hall–Kier alpha value is -2.47. The fourth-order valence-electron chi connectivity index (χ4n) is 1.90. The first-order chi connectivity index (χ1) is 9.90. The van der Waals surface area contributed by atoms with Gasteiger partial charge in [-0.1, -0.05) is 12.1 Å². The molecule has 0 heterocycles. The lowest BCUT2D eigenvalue weighted by molar-refractivity contribution is -0.385. The van der Waals surface area contributed by atoms with Crippen molar-refractivity contribution in [2.45, 2.75) is 20.0 Å². The van der Waals surface area contributed by atoms with Crippen molar-refractivity contribution in [3.63, 3.8) is 0 Å². The molecule has 0 aliphatic heterocycles. The predicted octanol–water partition coefficient (Wildman–Crippen LogP) is 3.89. The number of para-hydroxylation sites is 2. The summed E-state index contributed by atoms with van der Waals surface area (Å²) in [6.07, 6.45) is -0.960. The van der Waals surface area contributed by atoms with Gasteiger partial charge in [0.2, 0.25) is 5.75 Å². The number of nitro benzene ring substituents is 1. The van der Waals surface area contributed by atoms with E-state index in [2.05, 4.69) is 0 Å². The van der Waals surface area contributed by atoms with Crippen molar-refractivity contribution < 1.29 is 19.2 Å². The van der Waals surface area contributed by atoms with Gasteiger partial charge in [0.15, 0.2) is 0 Å². The Kier molecular flexibility index (Phi) is 4.18. The van der Waals surface area contributed by atoms with E-state index in [0.717, 1.165) is 0 Å². The van der Waals surface area contributed by atoms with Crippen molar-refractivity contribution in [2.24, 2.45) is 0 Å². The third-order valence-corrected chi connectivity index (χ3v) is 3.02. The summed E-state index contributed by atoms with van der Waals surface area (Å²) in [7, 11) is 0. The molecule has 21 heavy (non-hydrogen) atoms. The number of nitrogens with zero attached hydrogens (tertiary/aromatic N) is 1. The van der Waals surface area contributed by atoms with Gasteiger partial charge in [0.1, 0.15) is 11.6 Å².